The zero-order valence-corrected chi connectivity index (χ0v) is 13.4. The second kappa shape index (κ2) is 7.39. The maximum Gasteiger partial charge on any atom is 0.157 e. The van der Waals surface area contributed by atoms with E-state index in [9.17, 15) is 0 Å². The molecular weight excluding hydrogens is 242 g/mol. The van der Waals surface area contributed by atoms with Crippen molar-refractivity contribution < 1.29 is 0 Å². The van der Waals surface area contributed by atoms with Crippen LogP contribution in [0, 0.1) is 0 Å². The largest absolute Gasteiger partial charge is 0.359 e. The summed E-state index contributed by atoms with van der Waals surface area (Å²) in [7, 11) is 2.19. The Hall–Kier alpha value is -0.220. The molecule has 1 rings (SSSR count). The molecule has 0 aromatic heterocycles. The van der Waals surface area contributed by atoms with Crippen LogP contribution in [-0.4, -0.2) is 47.5 Å². The van der Waals surface area contributed by atoms with Gasteiger partial charge in [-0.2, -0.15) is 0 Å². The van der Waals surface area contributed by atoms with Crippen LogP contribution in [0.25, 0.3) is 0 Å². The molecule has 18 heavy (non-hydrogen) atoms. The van der Waals surface area contributed by atoms with Gasteiger partial charge in [0.2, 0.25) is 0 Å². The summed E-state index contributed by atoms with van der Waals surface area (Å²) >= 11 is 1.88. The first kappa shape index (κ1) is 15.8. The SMILES string of the molecule is CCC(C)N(C)CCN=C1NC(CC)(CC)CS1. The van der Waals surface area contributed by atoms with Crippen molar-refractivity contribution >= 4 is 16.9 Å². The number of hydrogen-bond acceptors (Lipinski definition) is 3. The second-order valence-electron chi connectivity index (χ2n) is 5.33. The Bertz CT molecular complexity index is 274. The van der Waals surface area contributed by atoms with E-state index in [2.05, 4.69) is 45.0 Å². The summed E-state index contributed by atoms with van der Waals surface area (Å²) in [4.78, 5) is 7.08. The van der Waals surface area contributed by atoms with E-state index in [1.807, 2.05) is 11.8 Å². The Labute approximate surface area is 117 Å². The number of nitrogens with zero attached hydrogens (tertiary/aromatic N) is 2. The van der Waals surface area contributed by atoms with E-state index in [4.69, 9.17) is 4.99 Å². The lowest BCUT2D eigenvalue weighted by molar-refractivity contribution is 0.259. The van der Waals surface area contributed by atoms with Gasteiger partial charge in [0.1, 0.15) is 0 Å². The summed E-state index contributed by atoms with van der Waals surface area (Å²) in [6.45, 7) is 11.0. The highest BCUT2D eigenvalue weighted by molar-refractivity contribution is 8.14. The fourth-order valence-electron chi connectivity index (χ4n) is 2.06. The predicted octanol–water partition coefficient (Wildman–Crippen LogP) is 2.97. The molecule has 1 heterocycles. The molecule has 1 aliphatic rings. The molecule has 0 spiro atoms. The maximum atomic E-state index is 4.70. The molecular formula is C14H29N3S. The highest BCUT2D eigenvalue weighted by Gasteiger charge is 2.33. The second-order valence-corrected chi connectivity index (χ2v) is 6.29. The number of thioether (sulfide) groups is 1. The van der Waals surface area contributed by atoms with Crippen molar-refractivity contribution in [3.63, 3.8) is 0 Å². The minimum atomic E-state index is 0.298. The van der Waals surface area contributed by atoms with Gasteiger partial charge in [0.15, 0.2) is 5.17 Å². The van der Waals surface area contributed by atoms with Crippen LogP contribution in [0.2, 0.25) is 0 Å². The predicted molar refractivity (Wildman–Crippen MR) is 83.6 cm³/mol. The average Bonchev–Trinajstić information content (AvgIpc) is 2.82. The zero-order chi connectivity index (χ0) is 13.6. The lowest BCUT2D eigenvalue weighted by Crippen LogP contribution is -2.42. The van der Waals surface area contributed by atoms with E-state index < -0.39 is 0 Å². The van der Waals surface area contributed by atoms with Gasteiger partial charge in [0.05, 0.1) is 6.54 Å². The van der Waals surface area contributed by atoms with Gasteiger partial charge in [0, 0.05) is 23.9 Å². The first-order valence-electron chi connectivity index (χ1n) is 7.22. The van der Waals surface area contributed by atoms with Crippen molar-refractivity contribution in [2.75, 3.05) is 25.9 Å². The Balaban J connectivity index is 2.37. The standard InChI is InChI=1S/C14H29N3S/c1-6-12(4)17(5)10-9-15-13-16-14(7-2,8-3)11-18-13/h12H,6-11H2,1-5H3,(H,15,16). The Kier molecular flexibility index (Phi) is 6.50. The summed E-state index contributed by atoms with van der Waals surface area (Å²) in [5, 5.41) is 4.76. The van der Waals surface area contributed by atoms with E-state index >= 15 is 0 Å². The Morgan fingerprint density at radius 1 is 1.39 bits per heavy atom. The molecule has 0 amide bonds. The van der Waals surface area contributed by atoms with Crippen LogP contribution >= 0.6 is 11.8 Å². The molecule has 1 saturated heterocycles. The van der Waals surface area contributed by atoms with Crippen molar-refractivity contribution in [2.24, 2.45) is 4.99 Å². The summed E-state index contributed by atoms with van der Waals surface area (Å²) in [6.07, 6.45) is 3.57. The van der Waals surface area contributed by atoms with Crippen LogP contribution in [-0.2, 0) is 0 Å². The van der Waals surface area contributed by atoms with Crippen LogP contribution < -0.4 is 5.32 Å². The van der Waals surface area contributed by atoms with Gasteiger partial charge >= 0.3 is 0 Å². The lowest BCUT2D eigenvalue weighted by atomic mass is 9.96. The fraction of sp³-hybridized carbons (Fsp3) is 0.929. The van der Waals surface area contributed by atoms with Crippen LogP contribution in [0.4, 0.5) is 0 Å². The summed E-state index contributed by atoms with van der Waals surface area (Å²) in [6, 6.07) is 0.653. The Morgan fingerprint density at radius 2 is 2.06 bits per heavy atom. The Morgan fingerprint density at radius 3 is 2.56 bits per heavy atom. The molecule has 0 aliphatic carbocycles. The van der Waals surface area contributed by atoms with E-state index in [0.717, 1.165) is 18.3 Å². The monoisotopic (exact) mass is 271 g/mol. The first-order chi connectivity index (χ1) is 8.56. The molecule has 106 valence electrons. The molecule has 1 unspecified atom stereocenters. The van der Waals surface area contributed by atoms with Crippen LogP contribution in [0.3, 0.4) is 0 Å². The third-order valence-electron chi connectivity index (χ3n) is 4.26. The molecule has 1 aliphatic heterocycles. The van der Waals surface area contributed by atoms with Crippen LogP contribution in [0.1, 0.15) is 47.0 Å². The first-order valence-corrected chi connectivity index (χ1v) is 8.21. The zero-order valence-electron chi connectivity index (χ0n) is 12.6. The van der Waals surface area contributed by atoms with E-state index in [1.165, 1.54) is 25.0 Å². The number of amidine groups is 1. The molecule has 0 aromatic rings. The van der Waals surface area contributed by atoms with Gasteiger partial charge in [-0.25, -0.2) is 0 Å². The van der Waals surface area contributed by atoms with Gasteiger partial charge in [-0.3, -0.25) is 4.99 Å². The quantitative estimate of drug-likeness (QED) is 0.771. The maximum absolute atomic E-state index is 4.70. The van der Waals surface area contributed by atoms with E-state index in [-0.39, 0.29) is 0 Å². The molecule has 0 aromatic carbocycles. The normalized spacial score (nSPS) is 22.4. The third-order valence-corrected chi connectivity index (χ3v) is 5.46. The smallest absolute Gasteiger partial charge is 0.157 e. The number of hydrogen-bond donors (Lipinski definition) is 1. The molecule has 0 bridgehead atoms. The van der Waals surface area contributed by atoms with Crippen molar-refractivity contribution in [1.82, 2.24) is 10.2 Å². The summed E-state index contributed by atoms with van der Waals surface area (Å²) in [5.74, 6) is 1.17. The molecule has 0 radical (unpaired) electrons. The van der Waals surface area contributed by atoms with Crippen molar-refractivity contribution in [1.29, 1.82) is 0 Å². The van der Waals surface area contributed by atoms with Gasteiger partial charge in [-0.15, -0.1) is 0 Å². The highest BCUT2D eigenvalue weighted by atomic mass is 32.2. The van der Waals surface area contributed by atoms with E-state index in [0.29, 0.717) is 11.6 Å². The number of nitrogens with one attached hydrogen (secondary N) is 1. The van der Waals surface area contributed by atoms with Crippen molar-refractivity contribution in [2.45, 2.75) is 58.5 Å². The molecule has 1 fully saturated rings. The lowest BCUT2D eigenvalue weighted by Gasteiger charge is -2.25. The minimum Gasteiger partial charge on any atom is -0.359 e. The van der Waals surface area contributed by atoms with Crippen molar-refractivity contribution in [3.8, 4) is 0 Å². The molecule has 1 atom stereocenters. The van der Waals surface area contributed by atoms with Gasteiger partial charge < -0.3 is 10.2 Å². The minimum absolute atomic E-state index is 0.298. The van der Waals surface area contributed by atoms with Crippen molar-refractivity contribution in [3.05, 3.63) is 0 Å². The molecule has 4 heteroatoms. The molecule has 3 nitrogen and oxygen atoms in total. The summed E-state index contributed by atoms with van der Waals surface area (Å²) < 4.78 is 0. The van der Waals surface area contributed by atoms with E-state index in [1.54, 1.807) is 0 Å². The number of likely N-dealkylation sites (N-methyl/N-ethyl adjacent to an activating group) is 1. The summed E-state index contributed by atoms with van der Waals surface area (Å²) in [5.41, 5.74) is 0.298. The highest BCUT2D eigenvalue weighted by Crippen LogP contribution is 2.28. The van der Waals surface area contributed by atoms with Crippen LogP contribution in [0.15, 0.2) is 4.99 Å². The topological polar surface area (TPSA) is 27.6 Å². The molecule has 0 saturated carbocycles. The molecule has 1 N–H and O–H groups in total. The van der Waals surface area contributed by atoms with Gasteiger partial charge in [0.25, 0.3) is 0 Å². The van der Waals surface area contributed by atoms with Gasteiger partial charge in [-0.05, 0) is 33.2 Å². The van der Waals surface area contributed by atoms with Crippen LogP contribution in [0.5, 0.6) is 0 Å². The number of rotatable bonds is 7. The fourth-order valence-corrected chi connectivity index (χ4v) is 3.43. The number of aliphatic imine (C=N–C) groups is 1. The average molecular weight is 271 g/mol. The third kappa shape index (κ3) is 4.16. The van der Waals surface area contributed by atoms with Gasteiger partial charge in [-0.1, -0.05) is 32.5 Å².